The van der Waals surface area contributed by atoms with Crippen LogP contribution in [0.25, 0.3) is 5.69 Å². The molecule has 0 saturated carbocycles. The van der Waals surface area contributed by atoms with Crippen molar-refractivity contribution in [2.75, 3.05) is 0 Å². The van der Waals surface area contributed by atoms with Crippen LogP contribution in [-0.2, 0) is 6.42 Å². The summed E-state index contributed by atoms with van der Waals surface area (Å²) in [5, 5.41) is 8.46. The average molecular weight is 276 g/mol. The topological polar surface area (TPSA) is 71.9 Å². The van der Waals surface area contributed by atoms with Gasteiger partial charge < -0.3 is 5.73 Å². The van der Waals surface area contributed by atoms with Gasteiger partial charge in [-0.3, -0.25) is 14.8 Å². The number of nitrogens with one attached hydrogen (secondary N) is 1. The van der Waals surface area contributed by atoms with E-state index in [-0.39, 0.29) is 11.1 Å². The number of aromatic nitrogens is 1. The molecule has 3 N–H and O–H groups in total. The van der Waals surface area contributed by atoms with Crippen LogP contribution in [0.4, 0.5) is 0 Å². The summed E-state index contributed by atoms with van der Waals surface area (Å²) in [6.07, 6.45) is 2.44. The van der Waals surface area contributed by atoms with Crippen molar-refractivity contribution >= 4 is 17.5 Å². The van der Waals surface area contributed by atoms with Gasteiger partial charge in [-0.1, -0.05) is 36.7 Å². The summed E-state index contributed by atoms with van der Waals surface area (Å²) in [6, 6.07) is 9.10. The summed E-state index contributed by atoms with van der Waals surface area (Å²) in [7, 11) is 0. The maximum Gasteiger partial charge on any atom is 0.252 e. The van der Waals surface area contributed by atoms with Gasteiger partial charge in [-0.15, -0.1) is 0 Å². The Balaban J connectivity index is 2.76. The van der Waals surface area contributed by atoms with E-state index in [9.17, 15) is 4.79 Å². The quantitative estimate of drug-likeness (QED) is 0.886. The number of aryl methyl sites for hydroxylation is 1. The smallest absolute Gasteiger partial charge is 0.252 e. The highest BCUT2D eigenvalue weighted by Crippen LogP contribution is 2.16. The molecule has 1 aromatic heterocycles. The fourth-order valence-electron chi connectivity index (χ4n) is 1.98. The molecule has 0 fully saturated rings. The van der Waals surface area contributed by atoms with Crippen molar-refractivity contribution in [3.63, 3.8) is 0 Å². The Labute approximate surface area is 116 Å². The normalized spacial score (nSPS) is 10.4. The van der Waals surface area contributed by atoms with E-state index >= 15 is 0 Å². The van der Waals surface area contributed by atoms with Gasteiger partial charge in [0.25, 0.3) is 5.91 Å². The van der Waals surface area contributed by atoms with Gasteiger partial charge in [-0.05, 0) is 24.1 Å². The van der Waals surface area contributed by atoms with Crippen LogP contribution in [0.15, 0.2) is 36.5 Å². The summed E-state index contributed by atoms with van der Waals surface area (Å²) in [6.45, 7) is 2.03. The van der Waals surface area contributed by atoms with Gasteiger partial charge in [0.1, 0.15) is 5.49 Å². The molecule has 19 heavy (non-hydrogen) atoms. The van der Waals surface area contributed by atoms with Crippen LogP contribution in [0.1, 0.15) is 22.8 Å². The van der Waals surface area contributed by atoms with Crippen LogP contribution in [0, 0.1) is 5.41 Å². The van der Waals surface area contributed by atoms with Crippen LogP contribution in [0.5, 0.6) is 0 Å². The fraction of sp³-hybridized carbons (Fsp3) is 0.143. The van der Waals surface area contributed by atoms with Crippen LogP contribution in [-0.4, -0.2) is 10.5 Å². The number of carbonyl (C=O) groups is 1. The molecule has 0 aliphatic heterocycles. The lowest BCUT2D eigenvalue weighted by Gasteiger charge is -2.13. The predicted molar refractivity (Wildman–Crippen MR) is 74.5 cm³/mol. The summed E-state index contributed by atoms with van der Waals surface area (Å²) in [5.41, 5.74) is 7.32. The SMILES string of the molecule is CCc1ccccc1-n1cc(Cl)cc(C(N)=O)c1=N. The van der Waals surface area contributed by atoms with E-state index in [2.05, 4.69) is 0 Å². The molecule has 0 spiro atoms. The van der Waals surface area contributed by atoms with Gasteiger partial charge in [0.2, 0.25) is 0 Å². The summed E-state index contributed by atoms with van der Waals surface area (Å²) >= 11 is 6.00. The lowest BCUT2D eigenvalue weighted by Crippen LogP contribution is -2.29. The molecule has 0 saturated heterocycles. The lowest BCUT2D eigenvalue weighted by atomic mass is 10.1. The number of nitrogens with zero attached hydrogens (tertiary/aromatic N) is 1. The molecule has 0 aliphatic rings. The first kappa shape index (κ1) is 13.4. The molecule has 98 valence electrons. The van der Waals surface area contributed by atoms with Crippen molar-refractivity contribution < 1.29 is 4.79 Å². The number of para-hydroxylation sites is 1. The third-order valence-corrected chi connectivity index (χ3v) is 3.13. The number of benzene rings is 1. The Hall–Kier alpha value is -2.07. The molecule has 0 radical (unpaired) electrons. The van der Waals surface area contributed by atoms with E-state index in [1.165, 1.54) is 6.07 Å². The zero-order valence-corrected chi connectivity index (χ0v) is 11.2. The number of halogens is 1. The van der Waals surface area contributed by atoms with E-state index in [0.29, 0.717) is 5.02 Å². The van der Waals surface area contributed by atoms with Gasteiger partial charge in [-0.25, -0.2) is 0 Å². The van der Waals surface area contributed by atoms with E-state index in [1.807, 2.05) is 31.2 Å². The number of rotatable bonds is 3. The lowest BCUT2D eigenvalue weighted by molar-refractivity contribution is 0.0998. The van der Waals surface area contributed by atoms with Crippen molar-refractivity contribution in [1.29, 1.82) is 5.41 Å². The zero-order chi connectivity index (χ0) is 14.0. The third kappa shape index (κ3) is 2.53. The second kappa shape index (κ2) is 5.28. The maximum atomic E-state index is 11.3. The molecule has 2 aromatic rings. The van der Waals surface area contributed by atoms with Gasteiger partial charge >= 0.3 is 0 Å². The molecule has 0 atom stereocenters. The molecule has 1 heterocycles. The molecule has 2 rings (SSSR count). The molecule has 1 amide bonds. The molecule has 0 bridgehead atoms. The highest BCUT2D eigenvalue weighted by molar-refractivity contribution is 6.30. The van der Waals surface area contributed by atoms with E-state index in [0.717, 1.165) is 17.7 Å². The fourth-order valence-corrected chi connectivity index (χ4v) is 2.19. The average Bonchev–Trinajstić information content (AvgIpc) is 2.40. The first-order valence-corrected chi connectivity index (χ1v) is 6.27. The van der Waals surface area contributed by atoms with E-state index in [1.54, 1.807) is 10.8 Å². The summed E-state index contributed by atoms with van der Waals surface area (Å²) < 4.78 is 1.58. The van der Waals surface area contributed by atoms with Gasteiger partial charge in [0, 0.05) is 6.20 Å². The van der Waals surface area contributed by atoms with Crippen LogP contribution in [0.2, 0.25) is 5.02 Å². The second-order valence-corrected chi connectivity index (χ2v) is 4.57. The molecular formula is C14H14ClN3O. The second-order valence-electron chi connectivity index (χ2n) is 4.14. The van der Waals surface area contributed by atoms with Crippen molar-refractivity contribution in [2.24, 2.45) is 5.73 Å². The number of primary amides is 1. The molecule has 5 heteroatoms. The first-order chi connectivity index (χ1) is 9.04. The first-order valence-electron chi connectivity index (χ1n) is 5.89. The highest BCUT2D eigenvalue weighted by atomic mass is 35.5. The van der Waals surface area contributed by atoms with Gasteiger partial charge in [-0.2, -0.15) is 0 Å². The predicted octanol–water partition coefficient (Wildman–Crippen LogP) is 2.27. The number of hydrogen-bond donors (Lipinski definition) is 2. The molecule has 0 unspecified atom stereocenters. The highest BCUT2D eigenvalue weighted by Gasteiger charge is 2.11. The number of carbonyl (C=O) groups excluding carboxylic acids is 1. The van der Waals surface area contributed by atoms with Crippen LogP contribution >= 0.6 is 11.6 Å². The Bertz CT molecular complexity index is 691. The van der Waals surface area contributed by atoms with Crippen LogP contribution < -0.4 is 11.2 Å². The molecule has 1 aromatic carbocycles. The Morgan fingerprint density at radius 1 is 1.42 bits per heavy atom. The zero-order valence-electron chi connectivity index (χ0n) is 10.5. The number of hydrogen-bond acceptors (Lipinski definition) is 2. The van der Waals surface area contributed by atoms with E-state index in [4.69, 9.17) is 22.7 Å². The summed E-state index contributed by atoms with van der Waals surface area (Å²) in [5.74, 6) is -0.657. The van der Waals surface area contributed by atoms with Crippen LogP contribution in [0.3, 0.4) is 0 Å². The standard InChI is InChI=1S/C14H14ClN3O/c1-2-9-5-3-4-6-12(9)18-8-10(15)7-11(13(18)16)14(17)19/h3-8,16H,2H2,1H3,(H2,17,19). The third-order valence-electron chi connectivity index (χ3n) is 2.93. The minimum Gasteiger partial charge on any atom is -0.365 e. The van der Waals surface area contributed by atoms with Gasteiger partial charge in [0.05, 0.1) is 16.3 Å². The number of pyridine rings is 1. The summed E-state index contributed by atoms with van der Waals surface area (Å²) in [4.78, 5) is 11.3. The Morgan fingerprint density at radius 3 is 2.74 bits per heavy atom. The number of amides is 1. The minimum absolute atomic E-state index is 0.0396. The van der Waals surface area contributed by atoms with Gasteiger partial charge in [0.15, 0.2) is 0 Å². The molecule has 4 nitrogen and oxygen atoms in total. The molecule has 0 aliphatic carbocycles. The monoisotopic (exact) mass is 275 g/mol. The minimum atomic E-state index is -0.657. The van der Waals surface area contributed by atoms with Crippen molar-refractivity contribution in [2.45, 2.75) is 13.3 Å². The largest absolute Gasteiger partial charge is 0.365 e. The van der Waals surface area contributed by atoms with Crippen molar-refractivity contribution in [3.05, 3.63) is 58.2 Å². The van der Waals surface area contributed by atoms with Crippen molar-refractivity contribution in [3.8, 4) is 5.69 Å². The molecular weight excluding hydrogens is 262 g/mol. The Kier molecular flexibility index (Phi) is 3.71. The number of nitrogens with two attached hydrogens (primary N) is 1. The van der Waals surface area contributed by atoms with Crippen molar-refractivity contribution in [1.82, 2.24) is 4.57 Å². The van der Waals surface area contributed by atoms with E-state index < -0.39 is 5.91 Å². The maximum absolute atomic E-state index is 11.3. The Morgan fingerprint density at radius 2 is 2.11 bits per heavy atom.